The van der Waals surface area contributed by atoms with Gasteiger partial charge in [-0.3, -0.25) is 0 Å². The van der Waals surface area contributed by atoms with Crippen molar-refractivity contribution in [1.29, 1.82) is 0 Å². The van der Waals surface area contributed by atoms with Crippen LogP contribution in [-0.2, 0) is 9.84 Å². The number of sulfone groups is 1. The minimum Gasteiger partial charge on any atom is -0.323 e. The van der Waals surface area contributed by atoms with Crippen molar-refractivity contribution in [3.63, 3.8) is 0 Å². The van der Waals surface area contributed by atoms with Gasteiger partial charge < -0.3 is 4.90 Å². The van der Waals surface area contributed by atoms with Crippen LogP contribution in [0.5, 0.6) is 0 Å². The van der Waals surface area contributed by atoms with Crippen LogP contribution in [0, 0.1) is 0 Å². The van der Waals surface area contributed by atoms with Gasteiger partial charge in [0.25, 0.3) is 5.16 Å². The van der Waals surface area contributed by atoms with Crippen molar-refractivity contribution >= 4 is 15.9 Å². The molecule has 0 aliphatic rings. The second kappa shape index (κ2) is 6.65. The van der Waals surface area contributed by atoms with Crippen LogP contribution >= 0.6 is 0 Å². The van der Waals surface area contributed by atoms with Crippen LogP contribution in [-0.4, -0.2) is 53.0 Å². The molecule has 1 amide bonds. The molecule has 1 aromatic heterocycles. The summed E-state index contributed by atoms with van der Waals surface area (Å²) in [5.41, 5.74) is 0. The van der Waals surface area contributed by atoms with Crippen LogP contribution in [0.25, 0.3) is 0 Å². The van der Waals surface area contributed by atoms with Crippen LogP contribution in [0.1, 0.15) is 33.6 Å². The molecule has 1 rings (SSSR count). The molecule has 1 heterocycles. The second-order valence-electron chi connectivity index (χ2n) is 4.09. The van der Waals surface area contributed by atoms with Crippen LogP contribution < -0.4 is 0 Å². The molecule has 0 spiro atoms. The molecule has 0 bridgehead atoms. The van der Waals surface area contributed by atoms with E-state index in [0.717, 1.165) is 23.9 Å². The van der Waals surface area contributed by atoms with Gasteiger partial charge in [0, 0.05) is 13.1 Å². The molecule has 108 valence electrons. The first-order valence-corrected chi connectivity index (χ1v) is 8.05. The smallest absolute Gasteiger partial charge is 0.323 e. The lowest BCUT2D eigenvalue weighted by atomic mass is 10.3. The number of hydrogen-bond acceptors (Lipinski definition) is 5. The largest absolute Gasteiger partial charge is 0.346 e. The Morgan fingerprint density at radius 1 is 1.37 bits per heavy atom. The number of unbranched alkanes of at least 4 members (excludes halogenated alkanes) is 1. The lowest BCUT2D eigenvalue weighted by Crippen LogP contribution is -2.35. The van der Waals surface area contributed by atoms with Gasteiger partial charge in [-0.15, -0.1) is 5.10 Å². The van der Waals surface area contributed by atoms with Gasteiger partial charge in [0.15, 0.2) is 0 Å². The summed E-state index contributed by atoms with van der Waals surface area (Å²) in [6, 6.07) is -0.346. The van der Waals surface area contributed by atoms with Crippen molar-refractivity contribution in [2.24, 2.45) is 0 Å². The standard InChI is InChI=1S/C11H20N4O3S/c1-4-7-8-14(5-2)11(16)15-9-12-10(13-15)19(17,18)6-3/h9H,4-8H2,1-3H3. The molecule has 0 unspecified atom stereocenters. The summed E-state index contributed by atoms with van der Waals surface area (Å²) < 4.78 is 24.2. The quantitative estimate of drug-likeness (QED) is 0.784. The average Bonchev–Trinajstić information content (AvgIpc) is 2.89. The van der Waals surface area contributed by atoms with E-state index in [1.165, 1.54) is 6.92 Å². The summed E-state index contributed by atoms with van der Waals surface area (Å²) in [7, 11) is -3.47. The molecule has 7 nitrogen and oxygen atoms in total. The Labute approximate surface area is 113 Å². The minimum atomic E-state index is -3.47. The summed E-state index contributed by atoms with van der Waals surface area (Å²) in [6.07, 6.45) is 3.03. The van der Waals surface area contributed by atoms with Crippen molar-refractivity contribution < 1.29 is 13.2 Å². The fraction of sp³-hybridized carbons (Fsp3) is 0.727. The Balaban J connectivity index is 2.89. The second-order valence-corrected chi connectivity index (χ2v) is 6.26. The van der Waals surface area contributed by atoms with E-state index in [9.17, 15) is 13.2 Å². The van der Waals surface area contributed by atoms with Crippen LogP contribution in [0.4, 0.5) is 4.79 Å². The molecule has 1 aromatic rings. The summed E-state index contributed by atoms with van der Waals surface area (Å²) in [5.74, 6) is -0.0848. The number of hydrogen-bond donors (Lipinski definition) is 0. The molecule has 0 aromatic carbocycles. The van der Waals surface area contributed by atoms with E-state index < -0.39 is 9.84 Å². The van der Waals surface area contributed by atoms with E-state index in [1.807, 2.05) is 13.8 Å². The van der Waals surface area contributed by atoms with Crippen LogP contribution in [0.15, 0.2) is 11.5 Å². The lowest BCUT2D eigenvalue weighted by Gasteiger charge is -2.19. The number of amides is 1. The zero-order chi connectivity index (χ0) is 14.5. The Kier molecular flexibility index (Phi) is 5.46. The van der Waals surface area contributed by atoms with E-state index in [4.69, 9.17) is 0 Å². The molecule has 0 atom stereocenters. The Bertz CT molecular complexity index is 524. The number of aromatic nitrogens is 3. The molecule has 0 fully saturated rings. The van der Waals surface area contributed by atoms with Gasteiger partial charge in [-0.05, 0) is 13.3 Å². The van der Waals surface area contributed by atoms with Crippen LogP contribution in [0.2, 0.25) is 0 Å². The first-order valence-electron chi connectivity index (χ1n) is 6.39. The highest BCUT2D eigenvalue weighted by Crippen LogP contribution is 2.05. The van der Waals surface area contributed by atoms with Crippen LogP contribution in [0.3, 0.4) is 0 Å². The fourth-order valence-corrected chi connectivity index (χ4v) is 2.17. The van der Waals surface area contributed by atoms with E-state index in [2.05, 4.69) is 10.1 Å². The third-order valence-corrected chi connectivity index (χ3v) is 4.26. The fourth-order valence-electron chi connectivity index (χ4n) is 1.49. The molecule has 0 saturated heterocycles. The maximum absolute atomic E-state index is 12.1. The first kappa shape index (κ1) is 15.6. The topological polar surface area (TPSA) is 85.2 Å². The van der Waals surface area contributed by atoms with Gasteiger partial charge in [-0.25, -0.2) is 18.2 Å². The zero-order valence-electron chi connectivity index (χ0n) is 11.5. The van der Waals surface area contributed by atoms with Gasteiger partial charge in [0.2, 0.25) is 9.84 Å². The number of nitrogens with zero attached hydrogens (tertiary/aromatic N) is 4. The van der Waals surface area contributed by atoms with Gasteiger partial charge in [-0.2, -0.15) is 4.68 Å². The van der Waals surface area contributed by atoms with Gasteiger partial charge >= 0.3 is 6.03 Å². The Morgan fingerprint density at radius 2 is 2.05 bits per heavy atom. The third-order valence-electron chi connectivity index (χ3n) is 2.76. The van der Waals surface area contributed by atoms with Crippen molar-refractivity contribution in [3.8, 4) is 0 Å². The molecule has 0 N–H and O–H groups in total. The molecule has 0 aliphatic carbocycles. The van der Waals surface area contributed by atoms with Gasteiger partial charge in [0.05, 0.1) is 5.75 Å². The first-order chi connectivity index (χ1) is 8.96. The highest BCUT2D eigenvalue weighted by molar-refractivity contribution is 7.91. The maximum Gasteiger partial charge on any atom is 0.346 e. The predicted molar refractivity (Wildman–Crippen MR) is 70.7 cm³/mol. The number of carbonyl (C=O) groups is 1. The Hall–Kier alpha value is -1.44. The average molecular weight is 288 g/mol. The lowest BCUT2D eigenvalue weighted by molar-refractivity contribution is 0.197. The molecule has 0 radical (unpaired) electrons. The summed E-state index contributed by atoms with van der Waals surface area (Å²) in [5, 5.41) is 3.46. The third kappa shape index (κ3) is 3.76. The molecular weight excluding hydrogens is 268 g/mol. The predicted octanol–water partition coefficient (Wildman–Crippen LogP) is 1.16. The van der Waals surface area contributed by atoms with E-state index >= 15 is 0 Å². The molecular formula is C11H20N4O3S. The molecule has 8 heteroatoms. The number of rotatable bonds is 6. The summed E-state index contributed by atoms with van der Waals surface area (Å²) >= 11 is 0. The molecule has 0 saturated carbocycles. The van der Waals surface area contributed by atoms with Crippen molar-refractivity contribution in [3.05, 3.63) is 6.33 Å². The SMILES string of the molecule is CCCCN(CC)C(=O)n1cnc(S(=O)(=O)CC)n1. The monoisotopic (exact) mass is 288 g/mol. The molecule has 0 aliphatic heterocycles. The van der Waals surface area contributed by atoms with Crippen molar-refractivity contribution in [1.82, 2.24) is 19.7 Å². The highest BCUT2D eigenvalue weighted by Gasteiger charge is 2.21. The minimum absolute atomic E-state index is 0.0848. The normalized spacial score (nSPS) is 11.5. The highest BCUT2D eigenvalue weighted by atomic mass is 32.2. The van der Waals surface area contributed by atoms with Gasteiger partial charge in [-0.1, -0.05) is 20.3 Å². The van der Waals surface area contributed by atoms with E-state index in [-0.39, 0.29) is 16.9 Å². The summed E-state index contributed by atoms with van der Waals surface area (Å²) in [6.45, 7) is 6.60. The molecule has 19 heavy (non-hydrogen) atoms. The van der Waals surface area contributed by atoms with E-state index in [1.54, 1.807) is 4.90 Å². The summed E-state index contributed by atoms with van der Waals surface area (Å²) in [4.78, 5) is 17.4. The van der Waals surface area contributed by atoms with E-state index in [0.29, 0.717) is 13.1 Å². The Morgan fingerprint density at radius 3 is 2.58 bits per heavy atom. The van der Waals surface area contributed by atoms with Crippen molar-refractivity contribution in [2.45, 2.75) is 38.8 Å². The zero-order valence-corrected chi connectivity index (χ0v) is 12.4. The maximum atomic E-state index is 12.1. The van der Waals surface area contributed by atoms with Crippen molar-refractivity contribution in [2.75, 3.05) is 18.8 Å². The van der Waals surface area contributed by atoms with Gasteiger partial charge in [0.1, 0.15) is 6.33 Å². The number of carbonyl (C=O) groups excluding carboxylic acids is 1.